The van der Waals surface area contributed by atoms with Crippen LogP contribution in [0.2, 0.25) is 0 Å². The molecule has 0 aromatic heterocycles. The lowest BCUT2D eigenvalue weighted by molar-refractivity contribution is -0.137. The van der Waals surface area contributed by atoms with E-state index in [1.165, 1.54) is 24.1 Å². The molecule has 9 nitrogen and oxygen atoms in total. The van der Waals surface area contributed by atoms with Crippen LogP contribution in [0.1, 0.15) is 30.5 Å². The van der Waals surface area contributed by atoms with Gasteiger partial charge in [-0.2, -0.15) is 13.2 Å². The molecule has 216 valence electrons. The number of carbonyl (C=O) groups excluding carboxylic acids is 1. The Morgan fingerprint density at radius 3 is 2.17 bits per heavy atom. The Kier molecular flexibility index (Phi) is 10.8. The van der Waals surface area contributed by atoms with Gasteiger partial charge in [-0.25, -0.2) is 0 Å². The van der Waals surface area contributed by atoms with E-state index in [2.05, 4.69) is 20.3 Å². The molecule has 1 amide bonds. The molecule has 0 aliphatic heterocycles. The lowest BCUT2D eigenvalue weighted by Crippen LogP contribution is -2.28. The standard InChI is InChI=1S/C29H29F3N4O5/c1-5-39-35-28(21-10-14-24(15-11-21)41-25-16-12-23(13-17-25)29(30,31)32)20(2)34-40-19-22-8-6-7-9-26(22)36(3)27(37)18-33-38-4/h6-18H,5,19H2,1-4H3. The highest BCUT2D eigenvalue weighted by molar-refractivity contribution is 6.47. The third-order valence-electron chi connectivity index (χ3n) is 5.55. The summed E-state index contributed by atoms with van der Waals surface area (Å²) in [5.74, 6) is 0.301. The molecule has 3 aromatic rings. The molecule has 0 heterocycles. The molecule has 0 N–H and O–H groups in total. The van der Waals surface area contributed by atoms with Gasteiger partial charge < -0.3 is 24.1 Å². The summed E-state index contributed by atoms with van der Waals surface area (Å²) in [6, 6.07) is 18.3. The summed E-state index contributed by atoms with van der Waals surface area (Å²) in [7, 11) is 2.95. The molecule has 0 aliphatic carbocycles. The van der Waals surface area contributed by atoms with Crippen molar-refractivity contribution in [3.8, 4) is 11.5 Å². The fraction of sp³-hybridized carbons (Fsp3) is 0.241. The lowest BCUT2D eigenvalue weighted by Gasteiger charge is -2.18. The number of anilines is 1. The van der Waals surface area contributed by atoms with Crippen molar-refractivity contribution < 1.29 is 37.2 Å². The second kappa shape index (κ2) is 14.5. The molecule has 0 unspecified atom stereocenters. The number of alkyl halides is 3. The van der Waals surface area contributed by atoms with E-state index in [1.54, 1.807) is 57.3 Å². The molecule has 3 rings (SSSR count). The normalized spacial score (nSPS) is 12.3. The van der Waals surface area contributed by atoms with Crippen LogP contribution in [0.3, 0.4) is 0 Å². The van der Waals surface area contributed by atoms with Crippen LogP contribution in [-0.2, 0) is 32.1 Å². The van der Waals surface area contributed by atoms with Crippen LogP contribution in [-0.4, -0.2) is 44.3 Å². The van der Waals surface area contributed by atoms with Crippen molar-refractivity contribution in [1.82, 2.24) is 0 Å². The number of amides is 1. The number of oxime groups is 3. The maximum Gasteiger partial charge on any atom is 0.416 e. The number of para-hydroxylation sites is 1. The topological polar surface area (TPSA) is 94.3 Å². The minimum Gasteiger partial charge on any atom is -0.457 e. The van der Waals surface area contributed by atoms with E-state index in [9.17, 15) is 18.0 Å². The average molecular weight is 571 g/mol. The summed E-state index contributed by atoms with van der Waals surface area (Å²) < 4.78 is 44.1. The zero-order valence-corrected chi connectivity index (χ0v) is 22.9. The quantitative estimate of drug-likeness (QED) is 0.185. The van der Waals surface area contributed by atoms with Gasteiger partial charge in [0.2, 0.25) is 0 Å². The molecule has 0 bridgehead atoms. The second-order valence-corrected chi connectivity index (χ2v) is 8.40. The van der Waals surface area contributed by atoms with Crippen molar-refractivity contribution in [2.24, 2.45) is 15.5 Å². The number of halogens is 3. The van der Waals surface area contributed by atoms with Gasteiger partial charge in [-0.05, 0) is 68.4 Å². The molecular formula is C29H29F3N4O5. The van der Waals surface area contributed by atoms with E-state index in [1.807, 2.05) is 12.1 Å². The highest BCUT2D eigenvalue weighted by atomic mass is 19.4. The molecular weight excluding hydrogens is 541 g/mol. The van der Waals surface area contributed by atoms with E-state index >= 15 is 0 Å². The van der Waals surface area contributed by atoms with Crippen molar-refractivity contribution in [1.29, 1.82) is 0 Å². The van der Waals surface area contributed by atoms with Gasteiger partial charge in [0, 0.05) is 18.2 Å². The van der Waals surface area contributed by atoms with E-state index in [-0.39, 0.29) is 18.3 Å². The smallest absolute Gasteiger partial charge is 0.416 e. The SMILES string of the molecule is CCON=C(C(C)=NOCc1ccccc1N(C)C(=O)C=NOC)c1ccc(Oc2ccc(C(F)(F)F)cc2)cc1. The summed E-state index contributed by atoms with van der Waals surface area (Å²) in [6.07, 6.45) is -3.35. The largest absolute Gasteiger partial charge is 0.457 e. The number of ether oxygens (including phenoxy) is 1. The van der Waals surface area contributed by atoms with Gasteiger partial charge in [0.05, 0.1) is 11.3 Å². The molecule has 0 radical (unpaired) electrons. The van der Waals surface area contributed by atoms with Crippen molar-refractivity contribution in [2.75, 3.05) is 25.7 Å². The van der Waals surface area contributed by atoms with E-state index in [0.29, 0.717) is 40.6 Å². The summed E-state index contributed by atoms with van der Waals surface area (Å²) in [6.45, 7) is 3.88. The number of benzene rings is 3. The first-order chi connectivity index (χ1) is 19.6. The molecule has 0 aliphatic rings. The van der Waals surface area contributed by atoms with Crippen LogP contribution in [0, 0.1) is 0 Å². The number of nitrogens with zero attached hydrogens (tertiary/aromatic N) is 4. The molecule has 0 atom stereocenters. The van der Waals surface area contributed by atoms with E-state index < -0.39 is 11.7 Å². The van der Waals surface area contributed by atoms with Crippen LogP contribution in [0.5, 0.6) is 11.5 Å². The third kappa shape index (κ3) is 8.82. The molecule has 3 aromatic carbocycles. The number of carbonyl (C=O) groups is 1. The lowest BCUT2D eigenvalue weighted by atomic mass is 10.1. The average Bonchev–Trinajstić information content (AvgIpc) is 2.96. The summed E-state index contributed by atoms with van der Waals surface area (Å²) in [5.41, 5.74) is 2.03. The molecule has 41 heavy (non-hydrogen) atoms. The molecule has 0 saturated heterocycles. The first-order valence-electron chi connectivity index (χ1n) is 12.4. The van der Waals surface area contributed by atoms with Gasteiger partial charge in [0.1, 0.15) is 49.5 Å². The maximum atomic E-state index is 12.8. The first-order valence-corrected chi connectivity index (χ1v) is 12.4. The van der Waals surface area contributed by atoms with Gasteiger partial charge in [0.15, 0.2) is 0 Å². The van der Waals surface area contributed by atoms with Crippen LogP contribution in [0.25, 0.3) is 0 Å². The van der Waals surface area contributed by atoms with E-state index in [4.69, 9.17) is 14.4 Å². The number of hydrogen-bond acceptors (Lipinski definition) is 8. The zero-order chi connectivity index (χ0) is 29.8. The molecule has 0 spiro atoms. The highest BCUT2D eigenvalue weighted by Gasteiger charge is 2.30. The van der Waals surface area contributed by atoms with Crippen molar-refractivity contribution in [2.45, 2.75) is 26.6 Å². The Hall–Kier alpha value is -4.87. The van der Waals surface area contributed by atoms with Crippen LogP contribution >= 0.6 is 0 Å². The summed E-state index contributed by atoms with van der Waals surface area (Å²) >= 11 is 0. The second-order valence-electron chi connectivity index (χ2n) is 8.40. The maximum absolute atomic E-state index is 12.8. The molecule has 0 fully saturated rings. The van der Waals surface area contributed by atoms with Gasteiger partial charge in [-0.3, -0.25) is 4.79 Å². The van der Waals surface area contributed by atoms with Crippen molar-refractivity contribution >= 4 is 29.2 Å². The molecule has 12 heteroatoms. The fourth-order valence-electron chi connectivity index (χ4n) is 3.49. The van der Waals surface area contributed by atoms with Gasteiger partial charge in [-0.1, -0.05) is 33.7 Å². The van der Waals surface area contributed by atoms with Crippen molar-refractivity contribution in [3.05, 3.63) is 89.5 Å². The minimum atomic E-state index is -4.42. The summed E-state index contributed by atoms with van der Waals surface area (Å²) in [5, 5.41) is 11.9. The predicted molar refractivity (Wildman–Crippen MR) is 149 cm³/mol. The Morgan fingerprint density at radius 1 is 0.927 bits per heavy atom. The van der Waals surface area contributed by atoms with Crippen molar-refractivity contribution in [3.63, 3.8) is 0 Å². The third-order valence-corrected chi connectivity index (χ3v) is 5.55. The predicted octanol–water partition coefficient (Wildman–Crippen LogP) is 6.43. The fourth-order valence-corrected chi connectivity index (χ4v) is 3.49. The number of rotatable bonds is 12. The molecule has 0 saturated carbocycles. The Bertz CT molecular complexity index is 1390. The van der Waals surface area contributed by atoms with Crippen LogP contribution in [0.15, 0.2) is 88.3 Å². The Morgan fingerprint density at radius 2 is 1.56 bits per heavy atom. The zero-order valence-electron chi connectivity index (χ0n) is 22.9. The van der Waals surface area contributed by atoms with E-state index in [0.717, 1.165) is 18.3 Å². The van der Waals surface area contributed by atoms with Gasteiger partial charge in [-0.15, -0.1) is 0 Å². The summed E-state index contributed by atoms with van der Waals surface area (Å²) in [4.78, 5) is 29.2. The number of hydrogen-bond donors (Lipinski definition) is 0. The highest BCUT2D eigenvalue weighted by Crippen LogP contribution is 2.31. The van der Waals surface area contributed by atoms with Gasteiger partial charge in [0.25, 0.3) is 5.91 Å². The Balaban J connectivity index is 1.72. The van der Waals surface area contributed by atoms with Crippen LogP contribution < -0.4 is 9.64 Å². The Labute approximate surface area is 235 Å². The minimum absolute atomic E-state index is 0.0639. The van der Waals surface area contributed by atoms with Crippen LogP contribution in [0.4, 0.5) is 18.9 Å². The van der Waals surface area contributed by atoms with Gasteiger partial charge >= 0.3 is 6.18 Å². The first kappa shape index (κ1) is 30.7. The monoisotopic (exact) mass is 570 g/mol.